The summed E-state index contributed by atoms with van der Waals surface area (Å²) in [7, 11) is 2.89. The van der Waals surface area contributed by atoms with Crippen LogP contribution in [0.2, 0.25) is 0 Å². The van der Waals surface area contributed by atoms with Gasteiger partial charge in [0, 0.05) is 44.9 Å². The summed E-state index contributed by atoms with van der Waals surface area (Å²) in [4.78, 5) is 43.4. The van der Waals surface area contributed by atoms with Crippen molar-refractivity contribution in [3.8, 4) is 0 Å². The van der Waals surface area contributed by atoms with Gasteiger partial charge in [0.25, 0.3) is 0 Å². The van der Waals surface area contributed by atoms with Gasteiger partial charge in [-0.05, 0) is 102 Å². The number of cyclic esters (lactones) is 1. The topological polar surface area (TPSA) is 183 Å². The lowest BCUT2D eigenvalue weighted by Gasteiger charge is -2.39. The molecule has 1 saturated carbocycles. The number of amides is 1. The largest absolute Gasteiger partial charge is 0.456 e. The monoisotopic (exact) mass is 778 g/mol. The minimum atomic E-state index is -1.87. The van der Waals surface area contributed by atoms with E-state index in [1.54, 1.807) is 34.0 Å². The average molecular weight is 778 g/mol. The molecule has 13 atom stereocenters. The van der Waals surface area contributed by atoms with Crippen LogP contribution in [0.4, 0.5) is 0 Å². The molecule has 0 radical (unpaired) electrons. The predicted molar refractivity (Wildman–Crippen MR) is 209 cm³/mol. The molecule has 0 bridgehead atoms. The van der Waals surface area contributed by atoms with Crippen LogP contribution in [0.3, 0.4) is 0 Å². The Balaban J connectivity index is 2.04. The molecule has 0 aromatic carbocycles. The van der Waals surface area contributed by atoms with Gasteiger partial charge in [-0.2, -0.15) is 0 Å². The maximum Gasteiger partial charge on any atom is 0.329 e. The van der Waals surface area contributed by atoms with Crippen LogP contribution in [0, 0.1) is 29.6 Å². The van der Waals surface area contributed by atoms with Gasteiger partial charge in [-0.15, -0.1) is 6.58 Å². The fourth-order valence-electron chi connectivity index (χ4n) is 8.83. The third-order valence-corrected chi connectivity index (χ3v) is 12.3. The lowest BCUT2D eigenvalue weighted by molar-refractivity contribution is -0.229. The maximum absolute atomic E-state index is 14.2. The number of hydrogen-bond acceptors (Lipinski definition) is 11. The highest BCUT2D eigenvalue weighted by atomic mass is 16.6. The maximum atomic E-state index is 14.2. The third kappa shape index (κ3) is 13.6. The molecule has 2 aliphatic heterocycles. The van der Waals surface area contributed by atoms with E-state index in [2.05, 4.69) is 6.58 Å². The van der Waals surface area contributed by atoms with Gasteiger partial charge in [0.1, 0.15) is 17.9 Å². The SMILES string of the molecule is C=CC[C@@H]1/C=C(\C)C[C@H](C)C[C@H](O)C[C@@H](OC)C[C@@H](C)[C@@](O)(OC)CC(=O)N2CCCC[C@H]2C(=O)O[C@H](/C(C)=C/C2CC[C@@H](O)[C@H](O)C2)[C@H](C)[C@H](O)CC1=O. The molecular weight excluding hydrogens is 706 g/mol. The van der Waals surface area contributed by atoms with E-state index in [-0.39, 0.29) is 30.6 Å². The van der Waals surface area contributed by atoms with Gasteiger partial charge in [0.05, 0.1) is 36.9 Å². The summed E-state index contributed by atoms with van der Waals surface area (Å²) < 4.78 is 17.6. The predicted octanol–water partition coefficient (Wildman–Crippen LogP) is 4.79. The molecule has 3 rings (SSSR count). The van der Waals surface area contributed by atoms with Gasteiger partial charge in [-0.1, -0.05) is 44.6 Å². The zero-order chi connectivity index (χ0) is 41.0. The second-order valence-corrected chi connectivity index (χ2v) is 17.0. The number of nitrogens with zero attached hydrogens (tertiary/aromatic N) is 1. The van der Waals surface area contributed by atoms with Crippen LogP contribution < -0.4 is 0 Å². The number of carbonyl (C=O) groups excluding carboxylic acids is 3. The zero-order valence-electron chi connectivity index (χ0n) is 34.4. The number of carbonyl (C=O) groups is 3. The van der Waals surface area contributed by atoms with Crippen molar-refractivity contribution in [3.63, 3.8) is 0 Å². The van der Waals surface area contributed by atoms with Crippen LogP contribution >= 0.6 is 0 Å². The summed E-state index contributed by atoms with van der Waals surface area (Å²) >= 11 is 0. The second kappa shape index (κ2) is 21.9. The molecule has 1 unspecified atom stereocenters. The zero-order valence-corrected chi connectivity index (χ0v) is 34.4. The lowest BCUT2D eigenvalue weighted by Crippen LogP contribution is -2.53. The van der Waals surface area contributed by atoms with Crippen molar-refractivity contribution >= 4 is 17.7 Å². The van der Waals surface area contributed by atoms with Gasteiger partial charge >= 0.3 is 5.97 Å². The summed E-state index contributed by atoms with van der Waals surface area (Å²) in [5.74, 6) is -4.99. The first-order chi connectivity index (χ1) is 25.9. The number of esters is 1. The molecule has 0 aromatic rings. The number of ether oxygens (including phenoxy) is 3. The highest BCUT2D eigenvalue weighted by molar-refractivity contribution is 5.85. The minimum absolute atomic E-state index is 0.0812. The molecule has 1 amide bonds. The van der Waals surface area contributed by atoms with Crippen LogP contribution in [-0.2, 0) is 28.6 Å². The normalized spacial score (nSPS) is 40.1. The van der Waals surface area contributed by atoms with Crippen molar-refractivity contribution in [2.75, 3.05) is 20.8 Å². The average Bonchev–Trinajstić information content (AvgIpc) is 3.13. The molecule has 2 heterocycles. The Morgan fingerprint density at radius 2 is 1.67 bits per heavy atom. The van der Waals surface area contributed by atoms with Crippen LogP contribution in [0.15, 0.2) is 36.0 Å². The molecule has 12 nitrogen and oxygen atoms in total. The van der Waals surface area contributed by atoms with Gasteiger partial charge in [-0.25, -0.2) is 4.79 Å². The number of Topliss-reactive ketones (excluding diaryl/α,β-unsaturated/α-hetero) is 1. The van der Waals surface area contributed by atoms with Gasteiger partial charge in [-0.3, -0.25) is 9.59 Å². The highest BCUT2D eigenvalue weighted by Crippen LogP contribution is 2.34. The number of aliphatic hydroxyl groups excluding tert-OH is 4. The van der Waals surface area contributed by atoms with Gasteiger partial charge < -0.3 is 44.6 Å². The van der Waals surface area contributed by atoms with Gasteiger partial charge in [0.15, 0.2) is 5.79 Å². The highest BCUT2D eigenvalue weighted by Gasteiger charge is 2.43. The van der Waals surface area contributed by atoms with Crippen LogP contribution in [0.1, 0.15) is 118 Å². The molecule has 2 fully saturated rings. The van der Waals surface area contributed by atoms with E-state index < -0.39 is 84.5 Å². The van der Waals surface area contributed by atoms with Crippen molar-refractivity contribution < 1.29 is 54.1 Å². The van der Waals surface area contributed by atoms with E-state index >= 15 is 0 Å². The molecule has 1 aliphatic carbocycles. The first-order valence-electron chi connectivity index (χ1n) is 20.4. The fraction of sp³-hybridized carbons (Fsp3) is 0.791. The smallest absolute Gasteiger partial charge is 0.329 e. The Morgan fingerprint density at radius 1 is 0.964 bits per heavy atom. The van der Waals surface area contributed by atoms with Crippen molar-refractivity contribution in [1.82, 2.24) is 4.90 Å². The fourth-order valence-corrected chi connectivity index (χ4v) is 8.83. The summed E-state index contributed by atoms with van der Waals surface area (Å²) in [5, 5.41) is 54.9. The lowest BCUT2D eigenvalue weighted by atomic mass is 9.82. The summed E-state index contributed by atoms with van der Waals surface area (Å²) in [6.45, 7) is 13.4. The van der Waals surface area contributed by atoms with E-state index in [9.17, 15) is 39.9 Å². The van der Waals surface area contributed by atoms with Crippen molar-refractivity contribution in [1.29, 1.82) is 0 Å². The standard InChI is InChI=1S/C43H71NO11/c1-9-12-32-18-26(2)17-27(3)19-33(45)23-34(53-7)21-29(5)43(52,54-8)25-40(50)44-16-11-10-13-35(44)42(51)55-41(30(6)37(47)24-38(32)48)28(4)20-31-14-15-36(46)39(49)22-31/h9,18,20,27,29-37,39,41,45-47,49,52H,1,10-17,19,21-25H2,2-8H3/b26-18+,28-20+/t27-,29+,30+,31?,32+,33-,34-,35-,36+,37+,39+,41+,43-/m0/s1. The van der Waals surface area contributed by atoms with Crippen molar-refractivity contribution in [2.45, 2.75) is 167 Å². The molecule has 314 valence electrons. The van der Waals surface area contributed by atoms with Crippen molar-refractivity contribution in [3.05, 3.63) is 36.0 Å². The third-order valence-electron chi connectivity index (χ3n) is 12.3. The molecule has 0 spiro atoms. The molecule has 0 aromatic heterocycles. The molecular formula is C43H71NO11. The number of allylic oxidation sites excluding steroid dienone is 4. The first kappa shape index (κ1) is 46.9. The minimum Gasteiger partial charge on any atom is -0.456 e. The summed E-state index contributed by atoms with van der Waals surface area (Å²) in [6, 6.07) is -0.943. The molecule has 5 N–H and O–H groups in total. The number of hydrogen-bond donors (Lipinski definition) is 5. The van der Waals surface area contributed by atoms with E-state index in [1.807, 2.05) is 26.0 Å². The Hall–Kier alpha value is -2.45. The number of ketones is 1. The number of rotatable bonds is 6. The quantitative estimate of drug-likeness (QED) is 0.142. The second-order valence-electron chi connectivity index (χ2n) is 17.0. The number of fused-ring (bicyclic) bond motifs is 1. The van der Waals surface area contributed by atoms with Crippen LogP contribution in [0.25, 0.3) is 0 Å². The Bertz CT molecular complexity index is 1330. The Morgan fingerprint density at radius 3 is 2.31 bits per heavy atom. The molecule has 12 heteroatoms. The summed E-state index contributed by atoms with van der Waals surface area (Å²) in [5.41, 5.74) is 1.62. The van der Waals surface area contributed by atoms with E-state index in [0.29, 0.717) is 76.2 Å². The van der Waals surface area contributed by atoms with Crippen LogP contribution in [0.5, 0.6) is 0 Å². The first-order valence-corrected chi connectivity index (χ1v) is 20.4. The Kier molecular flexibility index (Phi) is 18.7. The number of methoxy groups -OCH3 is 2. The molecule has 55 heavy (non-hydrogen) atoms. The van der Waals surface area contributed by atoms with E-state index in [4.69, 9.17) is 14.2 Å². The van der Waals surface area contributed by atoms with E-state index in [0.717, 1.165) is 5.57 Å². The Labute approximate surface area is 329 Å². The molecule has 3 aliphatic rings. The van der Waals surface area contributed by atoms with Crippen molar-refractivity contribution in [2.24, 2.45) is 29.6 Å². The molecule has 1 saturated heterocycles. The van der Waals surface area contributed by atoms with E-state index in [1.165, 1.54) is 12.0 Å². The number of aliphatic hydroxyl groups is 5. The number of piperidine rings is 1. The van der Waals surface area contributed by atoms with Crippen LogP contribution in [-0.4, -0.2) is 117 Å². The van der Waals surface area contributed by atoms with Gasteiger partial charge in [0.2, 0.25) is 5.91 Å². The summed E-state index contributed by atoms with van der Waals surface area (Å²) in [6.07, 6.45) is 5.18.